The lowest BCUT2D eigenvalue weighted by Crippen LogP contribution is -2.69. The van der Waals surface area contributed by atoms with E-state index in [0.29, 0.717) is 12.8 Å². The van der Waals surface area contributed by atoms with Crippen molar-refractivity contribution in [2.75, 3.05) is 46.8 Å². The van der Waals surface area contributed by atoms with Crippen LogP contribution in [-0.2, 0) is 71.1 Å². The van der Waals surface area contributed by atoms with Crippen LogP contribution in [0.2, 0.25) is 0 Å². The normalized spacial score (nSPS) is 54.9. The predicted molar refractivity (Wildman–Crippen MR) is 309 cm³/mol. The molecule has 0 aromatic carbocycles. The SMILES string of the molecule is CO[C@]1(CC[C@@H](C)CO[C@@H]2O[C@H](CO)[C@@H](O)[C@H](O)[C@H]2O)O[C@H]2C[C@H]3[C@@H]4CC[C@H]5C[C@@H](O[C@@H]6O[C@H](CO)[C@@H](O[C@@H]7O[C@H](CO)[C@@H](O)[C@H](O[C@@H]8OC[C@@H](O)[C@H](O)[C@H]8O)[C@H]7O[C@@H]7OC[C@H](O)[C@H](O)[C@H]7O)[C@H](O)[C@H]6O[C@@H]6O[C@@H](C)[C@H](O)[C@@H](O)[C@H]6O)C(=O)C[C@]5(C)[C@H]4CC[C@]3(C)[C@H]2[C@@H]1C. The van der Waals surface area contributed by atoms with E-state index < -0.39 is 222 Å². The van der Waals surface area contributed by atoms with Crippen molar-refractivity contribution in [3.8, 4) is 0 Å². The number of aliphatic hydroxyl groups is 17. The topological polar surface area (TPSA) is 490 Å². The van der Waals surface area contributed by atoms with Crippen molar-refractivity contribution in [3.63, 3.8) is 0 Å². The molecule has 4 saturated carbocycles. The maximum Gasteiger partial charge on any atom is 0.187 e. The number of carbonyl (C=O) groups is 1. The van der Waals surface area contributed by atoms with Crippen molar-refractivity contribution in [2.45, 2.75) is 282 Å². The van der Waals surface area contributed by atoms with Gasteiger partial charge in [-0.2, -0.15) is 0 Å². The molecular weight excluding hydrogens is 1260 g/mol. The molecule has 0 bridgehead atoms. The van der Waals surface area contributed by atoms with Crippen molar-refractivity contribution in [2.24, 2.45) is 52.3 Å². The highest BCUT2D eigenvalue weighted by atomic mass is 16.8. The fourth-order valence-electron chi connectivity index (χ4n) is 18.1. The van der Waals surface area contributed by atoms with Gasteiger partial charge in [-0.1, -0.05) is 27.7 Å². The van der Waals surface area contributed by atoms with Crippen LogP contribution in [0.1, 0.15) is 92.4 Å². The van der Waals surface area contributed by atoms with Crippen LogP contribution in [0.3, 0.4) is 0 Å². The van der Waals surface area contributed by atoms with E-state index in [0.717, 1.165) is 32.1 Å². The molecule has 7 heterocycles. The Hall–Kier alpha value is -1.57. The maximum absolute atomic E-state index is 14.9. The van der Waals surface area contributed by atoms with Crippen LogP contribution in [0.5, 0.6) is 0 Å². The van der Waals surface area contributed by atoms with Crippen LogP contribution < -0.4 is 0 Å². The Morgan fingerprint density at radius 3 is 1.72 bits per heavy atom. The zero-order valence-corrected chi connectivity index (χ0v) is 53.7. The third kappa shape index (κ3) is 13.5. The zero-order chi connectivity index (χ0) is 67.9. The fourth-order valence-corrected chi connectivity index (χ4v) is 18.1. The average molecular weight is 1360 g/mol. The van der Waals surface area contributed by atoms with Gasteiger partial charge in [-0.25, -0.2) is 0 Å². The molecule has 32 nitrogen and oxygen atoms in total. The summed E-state index contributed by atoms with van der Waals surface area (Å²) >= 11 is 0. The lowest BCUT2D eigenvalue weighted by Gasteiger charge is -2.61. The van der Waals surface area contributed by atoms with E-state index >= 15 is 0 Å². The monoisotopic (exact) mass is 1360 g/mol. The van der Waals surface area contributed by atoms with E-state index in [4.69, 9.17) is 66.3 Å². The molecule has 0 radical (unpaired) electrons. The van der Waals surface area contributed by atoms with E-state index in [2.05, 4.69) is 20.8 Å². The summed E-state index contributed by atoms with van der Waals surface area (Å²) in [5.74, 6) is -0.381. The number of fused-ring (bicyclic) bond motifs is 7. The number of methoxy groups -OCH3 is 1. The minimum Gasteiger partial charge on any atom is -0.394 e. The molecule has 0 aromatic heterocycles. The molecule has 94 heavy (non-hydrogen) atoms. The van der Waals surface area contributed by atoms with Crippen LogP contribution in [0.25, 0.3) is 0 Å². The second kappa shape index (κ2) is 29.4. The molecule has 11 rings (SSSR count). The van der Waals surface area contributed by atoms with Crippen molar-refractivity contribution >= 4 is 5.78 Å². The summed E-state index contributed by atoms with van der Waals surface area (Å²) in [7, 11) is 1.67. The van der Waals surface area contributed by atoms with Gasteiger partial charge in [0.1, 0.15) is 134 Å². The lowest BCUT2D eigenvalue weighted by atomic mass is 9.44. The van der Waals surface area contributed by atoms with Gasteiger partial charge in [-0.15, -0.1) is 0 Å². The first-order valence-electron chi connectivity index (χ1n) is 33.4. The Bertz CT molecular complexity index is 2490. The second-order valence-corrected chi connectivity index (χ2v) is 29.1. The summed E-state index contributed by atoms with van der Waals surface area (Å²) in [6.45, 7) is 6.67. The van der Waals surface area contributed by atoms with Crippen LogP contribution >= 0.6 is 0 Å². The molecule has 0 unspecified atom stereocenters. The number of Topliss-reactive ketones (excluding diaryl/α,β-unsaturated/α-hetero) is 1. The van der Waals surface area contributed by atoms with E-state index in [-0.39, 0.29) is 78.2 Å². The number of carbonyl (C=O) groups excluding carboxylic acids is 1. The second-order valence-electron chi connectivity index (χ2n) is 29.1. The average Bonchev–Trinajstić information content (AvgIpc) is 1.49. The number of hydrogen-bond acceptors (Lipinski definition) is 32. The van der Waals surface area contributed by atoms with Gasteiger partial charge in [-0.05, 0) is 98.2 Å². The summed E-state index contributed by atoms with van der Waals surface area (Å²) in [5.41, 5.74) is -0.577. The summed E-state index contributed by atoms with van der Waals surface area (Å²) in [6.07, 6.45) is -43.9. The van der Waals surface area contributed by atoms with E-state index in [1.54, 1.807) is 7.11 Å². The smallest absolute Gasteiger partial charge is 0.187 e. The minimum atomic E-state index is -2.07. The molecule has 0 spiro atoms. The Balaban J connectivity index is 0.788. The van der Waals surface area contributed by atoms with E-state index in [1.807, 2.05) is 6.92 Å². The molecule has 0 aromatic rings. The molecule has 32 heteroatoms. The molecular formula is C62H102O32. The van der Waals surface area contributed by atoms with Crippen LogP contribution in [0, 0.1) is 52.3 Å². The molecule has 40 atom stereocenters. The largest absolute Gasteiger partial charge is 0.394 e. The van der Waals surface area contributed by atoms with Crippen molar-refractivity contribution < 1.29 is 158 Å². The van der Waals surface area contributed by atoms with Gasteiger partial charge in [0.25, 0.3) is 0 Å². The highest BCUT2D eigenvalue weighted by molar-refractivity contribution is 5.84. The maximum atomic E-state index is 14.9. The quantitative estimate of drug-likeness (QED) is 0.0504. The molecule has 11 fully saturated rings. The molecule has 0 amide bonds. The first kappa shape index (κ1) is 73.6. The summed E-state index contributed by atoms with van der Waals surface area (Å²) < 4.78 is 85.5. The predicted octanol–water partition coefficient (Wildman–Crippen LogP) is -6.17. The van der Waals surface area contributed by atoms with Gasteiger partial charge >= 0.3 is 0 Å². The summed E-state index contributed by atoms with van der Waals surface area (Å²) in [6, 6.07) is 0. The molecule has 4 aliphatic carbocycles. The summed E-state index contributed by atoms with van der Waals surface area (Å²) in [4.78, 5) is 14.9. The van der Waals surface area contributed by atoms with Gasteiger partial charge in [0, 0.05) is 25.9 Å². The zero-order valence-electron chi connectivity index (χ0n) is 53.7. The van der Waals surface area contributed by atoms with Gasteiger partial charge in [0.05, 0.1) is 51.8 Å². The third-order valence-electron chi connectivity index (χ3n) is 23.6. The van der Waals surface area contributed by atoms with Gasteiger partial charge in [-0.3, -0.25) is 4.79 Å². The Labute approximate surface area is 543 Å². The van der Waals surface area contributed by atoms with Gasteiger partial charge < -0.3 is 153 Å². The van der Waals surface area contributed by atoms with Crippen molar-refractivity contribution in [3.05, 3.63) is 0 Å². The Morgan fingerprint density at radius 1 is 0.532 bits per heavy atom. The van der Waals surface area contributed by atoms with E-state index in [1.165, 1.54) is 6.92 Å². The third-order valence-corrected chi connectivity index (χ3v) is 23.6. The van der Waals surface area contributed by atoms with Crippen molar-refractivity contribution in [1.29, 1.82) is 0 Å². The Kier molecular flexibility index (Phi) is 23.0. The number of ether oxygens (including phenoxy) is 14. The number of rotatable bonds is 20. The lowest BCUT2D eigenvalue weighted by molar-refractivity contribution is -0.407. The highest BCUT2D eigenvalue weighted by Crippen LogP contribution is 2.71. The number of aliphatic hydroxyl groups excluding tert-OH is 17. The fraction of sp³-hybridized carbons (Fsp3) is 0.984. The van der Waals surface area contributed by atoms with Crippen LogP contribution in [-0.4, -0.2) is 329 Å². The molecule has 17 N–H and O–H groups in total. The molecule has 11 aliphatic rings. The van der Waals surface area contributed by atoms with Crippen LogP contribution in [0.15, 0.2) is 0 Å². The first-order valence-corrected chi connectivity index (χ1v) is 33.4. The number of hydrogen-bond donors (Lipinski definition) is 17. The molecule has 7 aliphatic heterocycles. The van der Waals surface area contributed by atoms with Gasteiger partial charge in [0.15, 0.2) is 49.3 Å². The summed E-state index contributed by atoms with van der Waals surface area (Å²) in [5, 5.41) is 183. The van der Waals surface area contributed by atoms with E-state index in [9.17, 15) is 91.6 Å². The highest BCUT2D eigenvalue weighted by Gasteiger charge is 2.70. The molecule has 7 saturated heterocycles. The Morgan fingerprint density at radius 2 is 1.09 bits per heavy atom. The standard InChI is InChI=1S/C62H102O32/c1-22(19-82-54-47(78)44(75)41(72)34(16-63)87-54)9-12-62(81-6)23(2)37-33(94-62)14-28-26-8-7-25-13-32(29(66)15-61(25,5)27(26)10-11-60(28,37)4)86-58-52(92-57-48(79)43(74)38(69)24(3)85-57)49(80)50(36(18-65)89-58)90-59-53(93-56-46(77)40(71)31(68)21-84-56)51(42(73)35(17-64)88-59)91-55-45(76)39(70)30(67)20-83-55/h22-28,30-59,63-65,67-80H,7-21H2,1-6H3/t22-,23+,24+,25+,26-,27+,28+,30-,31+,32-,33+,34-,35-,36-,37+,38+,39+,40+,41-,42-,43-,44+,45-,46-,47-,48-,49+,50-,51+,52-,53-,54-,55+,56+,57+,58-,59+,60+,61+,62-/m1/s1. The number of ketones is 1. The molecule has 542 valence electrons. The van der Waals surface area contributed by atoms with Crippen molar-refractivity contribution in [1.82, 2.24) is 0 Å². The first-order chi connectivity index (χ1) is 44.5. The van der Waals surface area contributed by atoms with Crippen LogP contribution in [0.4, 0.5) is 0 Å². The van der Waals surface area contributed by atoms with Gasteiger partial charge in [0.2, 0.25) is 0 Å². The minimum absolute atomic E-state index is 0.00313.